The van der Waals surface area contributed by atoms with Gasteiger partial charge >= 0.3 is 0 Å². The zero-order valence-corrected chi connectivity index (χ0v) is 27.0. The van der Waals surface area contributed by atoms with Crippen LogP contribution in [0.5, 0.6) is 5.75 Å². The molecule has 4 aromatic rings. The predicted octanol–water partition coefficient (Wildman–Crippen LogP) is 5.10. The van der Waals surface area contributed by atoms with Crippen molar-refractivity contribution in [3.8, 4) is 16.9 Å². The molecule has 11 heteroatoms. The molecule has 1 unspecified atom stereocenters. The molecule has 47 heavy (non-hydrogen) atoms. The molecule has 0 amide bonds. The zero-order chi connectivity index (χ0) is 33.2. The van der Waals surface area contributed by atoms with Crippen LogP contribution in [0.3, 0.4) is 0 Å². The Morgan fingerprint density at radius 2 is 1.53 bits per heavy atom. The molecule has 0 aliphatic carbocycles. The van der Waals surface area contributed by atoms with E-state index in [2.05, 4.69) is 4.90 Å². The standard InChI is InChI=1S/C36H38FNO7S2/c37-24-13-10-21(11-14-24)27(40)16-17-30-31(38(36(46)47-30)25-4-2-1-3-5-25)26-15-12-23(18-28(26)41)20-6-8-22(9-7-20)35-34(44)33(43)32(42)29(19-39)45-35/h1-15,18,27,29-36,39-44,46H,16-17,19H2/t27-,29+,30-,31+,32+,33-,34+,35-,36?/m0/s1. The smallest absolute Gasteiger partial charge is 0.123 e. The second-order valence-corrected chi connectivity index (χ2v) is 14.1. The second kappa shape index (κ2) is 14.6. The predicted molar refractivity (Wildman–Crippen MR) is 183 cm³/mol. The zero-order valence-electron chi connectivity index (χ0n) is 25.3. The maximum Gasteiger partial charge on any atom is 0.123 e. The van der Waals surface area contributed by atoms with Crippen molar-refractivity contribution >= 4 is 30.1 Å². The van der Waals surface area contributed by atoms with Gasteiger partial charge in [0.1, 0.15) is 46.8 Å². The molecule has 6 rings (SSSR count). The number of aliphatic hydroxyl groups is 5. The Bertz CT molecular complexity index is 1630. The Morgan fingerprint density at radius 3 is 2.19 bits per heavy atom. The summed E-state index contributed by atoms with van der Waals surface area (Å²) in [5, 5.41) is 62.7. The molecule has 2 heterocycles. The number of benzene rings is 4. The second-order valence-electron chi connectivity index (χ2n) is 12.0. The number of rotatable bonds is 9. The minimum atomic E-state index is -1.47. The van der Waals surface area contributed by atoms with Crippen molar-refractivity contribution in [3.05, 3.63) is 120 Å². The average Bonchev–Trinajstić information content (AvgIpc) is 3.42. The first-order chi connectivity index (χ1) is 22.7. The van der Waals surface area contributed by atoms with Crippen LogP contribution >= 0.6 is 24.4 Å². The SMILES string of the molecule is OC[C@H]1O[C@@H](c2ccc(-c3ccc([C@@H]4[C@H](CC[C@H](O)c5ccc(F)cc5)SC(S)N4c4ccccc4)c(O)c3)cc2)[C@H](O)[C@@H](O)[C@@H]1O. The number of halogens is 1. The fourth-order valence-corrected chi connectivity index (χ4v) is 8.61. The van der Waals surface area contributed by atoms with Gasteiger partial charge < -0.3 is 40.3 Å². The summed E-state index contributed by atoms with van der Waals surface area (Å²) in [7, 11) is 0. The quantitative estimate of drug-likeness (QED) is 0.121. The van der Waals surface area contributed by atoms with Crippen molar-refractivity contribution in [3.63, 3.8) is 0 Å². The van der Waals surface area contributed by atoms with Crippen LogP contribution in [0.1, 0.15) is 47.8 Å². The molecule has 2 aliphatic heterocycles. The number of phenols is 1. The number of ether oxygens (including phenoxy) is 1. The third kappa shape index (κ3) is 7.04. The van der Waals surface area contributed by atoms with Gasteiger partial charge in [0, 0.05) is 16.5 Å². The molecule has 0 bridgehead atoms. The number of aromatic hydroxyl groups is 1. The molecule has 6 N–H and O–H groups in total. The van der Waals surface area contributed by atoms with E-state index in [1.807, 2.05) is 54.6 Å². The van der Waals surface area contributed by atoms with Crippen molar-refractivity contribution in [2.75, 3.05) is 11.5 Å². The number of anilines is 1. The third-order valence-electron chi connectivity index (χ3n) is 9.03. The van der Waals surface area contributed by atoms with E-state index >= 15 is 0 Å². The number of para-hydroxylation sites is 1. The lowest BCUT2D eigenvalue weighted by Gasteiger charge is -2.40. The van der Waals surface area contributed by atoms with Crippen LogP contribution in [0, 0.1) is 5.82 Å². The molecule has 8 nitrogen and oxygen atoms in total. The molecule has 0 aromatic heterocycles. The highest BCUT2D eigenvalue weighted by atomic mass is 32.2. The fraction of sp³-hybridized carbons (Fsp3) is 0.333. The molecule has 2 aliphatic rings. The summed E-state index contributed by atoms with van der Waals surface area (Å²) >= 11 is 6.58. The maximum absolute atomic E-state index is 13.4. The molecular weight excluding hydrogens is 642 g/mol. The van der Waals surface area contributed by atoms with Crippen LogP contribution in [0.2, 0.25) is 0 Å². The van der Waals surface area contributed by atoms with E-state index in [1.165, 1.54) is 12.1 Å². The van der Waals surface area contributed by atoms with Crippen molar-refractivity contribution in [2.45, 2.75) is 65.5 Å². The van der Waals surface area contributed by atoms with Crippen LogP contribution in [0.15, 0.2) is 97.1 Å². The lowest BCUT2D eigenvalue weighted by Crippen LogP contribution is -2.55. The number of nitrogens with zero attached hydrogens (tertiary/aromatic N) is 1. The summed E-state index contributed by atoms with van der Waals surface area (Å²) in [6.07, 6.45) is -5.91. The summed E-state index contributed by atoms with van der Waals surface area (Å²) in [6.45, 7) is -0.504. The molecular formula is C36H38FNO7S2. The first-order valence-corrected chi connectivity index (χ1v) is 17.0. The molecule has 2 fully saturated rings. The van der Waals surface area contributed by atoms with Gasteiger partial charge in [-0.15, -0.1) is 24.4 Å². The van der Waals surface area contributed by atoms with Gasteiger partial charge in [0.05, 0.1) is 18.8 Å². The molecule has 2 saturated heterocycles. The number of hydrogen-bond acceptors (Lipinski definition) is 10. The Hall–Kier alpha value is -3.13. The van der Waals surface area contributed by atoms with Crippen LogP contribution < -0.4 is 4.90 Å². The minimum absolute atomic E-state index is 0.0256. The van der Waals surface area contributed by atoms with Gasteiger partial charge in [0.15, 0.2) is 0 Å². The summed E-state index contributed by atoms with van der Waals surface area (Å²) in [5.74, 6) is -0.244. The van der Waals surface area contributed by atoms with Gasteiger partial charge in [-0.25, -0.2) is 4.39 Å². The van der Waals surface area contributed by atoms with Gasteiger partial charge in [-0.2, -0.15) is 0 Å². The highest BCUT2D eigenvalue weighted by molar-refractivity contribution is 8.11. The van der Waals surface area contributed by atoms with Crippen molar-refractivity contribution in [1.82, 2.24) is 0 Å². The number of phenolic OH excluding ortho intramolecular Hbond substituents is 1. The van der Waals surface area contributed by atoms with E-state index in [0.717, 1.165) is 22.4 Å². The molecule has 0 spiro atoms. The summed E-state index contributed by atoms with van der Waals surface area (Å²) in [6, 6.07) is 28.2. The van der Waals surface area contributed by atoms with E-state index in [1.54, 1.807) is 42.1 Å². The highest BCUT2D eigenvalue weighted by Gasteiger charge is 2.44. The lowest BCUT2D eigenvalue weighted by molar-refractivity contribution is -0.231. The van der Waals surface area contributed by atoms with Crippen LogP contribution in [0.4, 0.5) is 10.1 Å². The monoisotopic (exact) mass is 679 g/mol. The number of thioether (sulfide) groups is 1. The Labute approximate surface area is 282 Å². The molecule has 9 atom stereocenters. The largest absolute Gasteiger partial charge is 0.508 e. The van der Waals surface area contributed by atoms with Crippen molar-refractivity contribution in [2.24, 2.45) is 0 Å². The lowest BCUT2D eigenvalue weighted by atomic mass is 9.90. The number of aliphatic hydroxyl groups excluding tert-OH is 5. The van der Waals surface area contributed by atoms with Crippen LogP contribution in [-0.4, -0.2) is 71.6 Å². The van der Waals surface area contributed by atoms with Gasteiger partial charge in [0.2, 0.25) is 0 Å². The maximum atomic E-state index is 13.4. The van der Waals surface area contributed by atoms with Gasteiger partial charge in [-0.05, 0) is 65.4 Å². The van der Waals surface area contributed by atoms with Crippen LogP contribution in [-0.2, 0) is 4.74 Å². The van der Waals surface area contributed by atoms with Crippen molar-refractivity contribution in [1.29, 1.82) is 0 Å². The molecule has 248 valence electrons. The molecule has 0 saturated carbocycles. The van der Waals surface area contributed by atoms with Gasteiger partial charge in [-0.3, -0.25) is 0 Å². The third-order valence-corrected chi connectivity index (χ3v) is 11.0. The van der Waals surface area contributed by atoms with E-state index in [4.69, 9.17) is 17.4 Å². The molecule has 4 aromatic carbocycles. The highest BCUT2D eigenvalue weighted by Crippen LogP contribution is 2.52. The van der Waals surface area contributed by atoms with Crippen molar-refractivity contribution < 1.29 is 39.8 Å². The van der Waals surface area contributed by atoms with Crippen LogP contribution in [0.25, 0.3) is 11.1 Å². The van der Waals surface area contributed by atoms with E-state index < -0.39 is 43.2 Å². The summed E-state index contributed by atoms with van der Waals surface area (Å²) in [4.78, 5) is 2.17. The summed E-state index contributed by atoms with van der Waals surface area (Å²) in [5.41, 5.74) is 4.46. The number of thiol groups is 1. The first-order valence-electron chi connectivity index (χ1n) is 15.5. The van der Waals surface area contributed by atoms with E-state index in [9.17, 15) is 35.0 Å². The fourth-order valence-electron chi connectivity index (χ4n) is 6.47. The average molecular weight is 680 g/mol. The van der Waals surface area contributed by atoms with E-state index in [0.29, 0.717) is 24.0 Å². The number of hydrogen-bond donors (Lipinski definition) is 7. The minimum Gasteiger partial charge on any atom is -0.508 e. The van der Waals surface area contributed by atoms with E-state index in [-0.39, 0.29) is 27.6 Å². The van der Waals surface area contributed by atoms with Gasteiger partial charge in [-0.1, -0.05) is 66.7 Å². The van der Waals surface area contributed by atoms with Gasteiger partial charge in [0.25, 0.3) is 0 Å². The first kappa shape index (κ1) is 33.8. The Balaban J connectivity index is 1.25. The Morgan fingerprint density at radius 1 is 0.851 bits per heavy atom. The molecule has 0 radical (unpaired) electrons. The Kier molecular flexibility index (Phi) is 10.5. The summed E-state index contributed by atoms with van der Waals surface area (Å²) < 4.78 is 18.9. The topological polar surface area (TPSA) is 134 Å². The normalized spacial score (nSPS) is 28.4.